The fourth-order valence-corrected chi connectivity index (χ4v) is 8.73. The normalized spacial score (nSPS) is 47.6. The minimum atomic E-state index is -1.64. The molecule has 8 atom stereocenters. The van der Waals surface area contributed by atoms with Crippen molar-refractivity contribution in [2.75, 3.05) is 6.61 Å². The molecule has 0 radical (unpaired) electrons. The Morgan fingerprint density at radius 2 is 1.85 bits per heavy atom. The van der Waals surface area contributed by atoms with Crippen molar-refractivity contribution in [3.05, 3.63) is 11.6 Å². The van der Waals surface area contributed by atoms with Crippen LogP contribution in [-0.4, -0.2) is 41.8 Å². The Labute approximate surface area is 195 Å². The highest BCUT2D eigenvalue weighted by atomic mass is 16.7. The summed E-state index contributed by atoms with van der Waals surface area (Å²) in [6.45, 7) is 8.02. The molecule has 4 fully saturated rings. The Morgan fingerprint density at radius 3 is 2.52 bits per heavy atom. The number of amides is 1. The molecule has 1 amide bonds. The molecule has 2 N–H and O–H groups in total. The first-order chi connectivity index (χ1) is 15.6. The van der Waals surface area contributed by atoms with Crippen molar-refractivity contribution in [3.63, 3.8) is 0 Å². The number of fused-ring (bicyclic) bond motifs is 6. The summed E-state index contributed by atoms with van der Waals surface area (Å²) in [5.74, 6) is -0.138. The van der Waals surface area contributed by atoms with Crippen molar-refractivity contribution >= 4 is 17.8 Å². The van der Waals surface area contributed by atoms with Crippen LogP contribution in [0.15, 0.2) is 11.6 Å². The zero-order chi connectivity index (χ0) is 23.8. The van der Waals surface area contributed by atoms with E-state index in [4.69, 9.17) is 19.9 Å². The SMILES string of the molecule is CCOC(=O)[C@@]1(C(N)=O)O[C@@]12CC[C@H]1[C@@H]3CC=C4C[C@@H](OC(C)=O)CC[C@]4(C)[C@H]3CC[C@@]12C. The van der Waals surface area contributed by atoms with E-state index in [9.17, 15) is 14.4 Å². The Hall–Kier alpha value is -1.89. The fourth-order valence-electron chi connectivity index (χ4n) is 8.73. The zero-order valence-corrected chi connectivity index (χ0v) is 20.3. The van der Waals surface area contributed by atoms with Gasteiger partial charge in [-0.1, -0.05) is 25.5 Å². The summed E-state index contributed by atoms with van der Waals surface area (Å²) in [5, 5.41) is 0. The summed E-state index contributed by atoms with van der Waals surface area (Å²) in [6.07, 6.45) is 9.68. The Kier molecular flexibility index (Phi) is 5.06. The lowest BCUT2D eigenvalue weighted by atomic mass is 9.47. The molecule has 5 rings (SSSR count). The monoisotopic (exact) mass is 459 g/mol. The molecule has 7 nitrogen and oxygen atoms in total. The molecule has 1 spiro atoms. The standard InChI is InChI=1S/C26H37NO6/c1-5-31-22(30)26(21(27)29)25(33-26)13-10-20-18-7-6-16-14-17(32-15(2)28)8-11-23(16,3)19(18)9-12-24(20,25)4/h6,17-20H,5,7-14H2,1-4H3,(H2,27,29)/t17-,18+,19-,20-,23-,24-,25+,26+/m0/s1. The van der Waals surface area contributed by atoms with Crippen LogP contribution < -0.4 is 5.73 Å². The molecule has 0 unspecified atom stereocenters. The molecule has 182 valence electrons. The van der Waals surface area contributed by atoms with Crippen molar-refractivity contribution in [3.8, 4) is 0 Å². The quantitative estimate of drug-likeness (QED) is 0.299. The van der Waals surface area contributed by atoms with E-state index in [2.05, 4.69) is 19.9 Å². The van der Waals surface area contributed by atoms with Gasteiger partial charge >= 0.3 is 11.9 Å². The highest BCUT2D eigenvalue weighted by Gasteiger charge is 2.88. The van der Waals surface area contributed by atoms with Crippen molar-refractivity contribution in [2.45, 2.75) is 96.4 Å². The molecule has 0 bridgehead atoms. The number of primary amides is 1. The molecule has 33 heavy (non-hydrogen) atoms. The van der Waals surface area contributed by atoms with E-state index in [1.54, 1.807) is 6.92 Å². The van der Waals surface area contributed by atoms with E-state index in [1.165, 1.54) is 12.5 Å². The lowest BCUT2D eigenvalue weighted by Crippen LogP contribution is -2.56. The van der Waals surface area contributed by atoms with Crippen molar-refractivity contribution in [1.29, 1.82) is 0 Å². The molecule has 0 aromatic heterocycles. The minimum Gasteiger partial charge on any atom is -0.463 e. The molecule has 1 heterocycles. The van der Waals surface area contributed by atoms with Crippen LogP contribution in [-0.2, 0) is 28.6 Å². The van der Waals surface area contributed by atoms with Gasteiger partial charge in [-0.3, -0.25) is 9.59 Å². The van der Waals surface area contributed by atoms with E-state index in [0.717, 1.165) is 44.9 Å². The lowest BCUT2D eigenvalue weighted by Gasteiger charge is -2.57. The molecular weight excluding hydrogens is 422 g/mol. The van der Waals surface area contributed by atoms with Crippen LogP contribution in [0.1, 0.15) is 79.1 Å². The summed E-state index contributed by atoms with van der Waals surface area (Å²) >= 11 is 0. The number of rotatable bonds is 4. The van der Waals surface area contributed by atoms with Gasteiger partial charge in [0.1, 0.15) is 11.7 Å². The van der Waals surface area contributed by atoms with Crippen LogP contribution >= 0.6 is 0 Å². The second kappa shape index (κ2) is 7.30. The average molecular weight is 460 g/mol. The summed E-state index contributed by atoms with van der Waals surface area (Å²) in [4.78, 5) is 36.9. The van der Waals surface area contributed by atoms with Crippen LogP contribution in [0.2, 0.25) is 0 Å². The number of allylic oxidation sites excluding steroid dienone is 1. The number of epoxide rings is 1. The maximum atomic E-state index is 12.9. The number of hydrogen-bond acceptors (Lipinski definition) is 6. The van der Waals surface area contributed by atoms with E-state index in [0.29, 0.717) is 24.2 Å². The van der Waals surface area contributed by atoms with E-state index in [-0.39, 0.29) is 29.5 Å². The van der Waals surface area contributed by atoms with E-state index in [1.807, 2.05) is 0 Å². The number of carbonyl (C=O) groups excluding carboxylic acids is 3. The fraction of sp³-hybridized carbons (Fsp3) is 0.808. The number of ether oxygens (including phenoxy) is 3. The van der Waals surface area contributed by atoms with Crippen molar-refractivity contribution < 1.29 is 28.6 Å². The third kappa shape index (κ3) is 2.80. The molecule has 1 aliphatic heterocycles. The first-order valence-electron chi connectivity index (χ1n) is 12.6. The topological polar surface area (TPSA) is 108 Å². The zero-order valence-electron chi connectivity index (χ0n) is 20.3. The number of hydrogen-bond donors (Lipinski definition) is 1. The molecule has 7 heteroatoms. The number of carbonyl (C=O) groups is 3. The molecule has 4 aliphatic carbocycles. The maximum Gasteiger partial charge on any atom is 0.351 e. The maximum absolute atomic E-state index is 12.9. The summed E-state index contributed by atoms with van der Waals surface area (Å²) in [6, 6.07) is 0. The minimum absolute atomic E-state index is 0.0115. The molecule has 0 aromatic carbocycles. The number of esters is 2. The first-order valence-corrected chi connectivity index (χ1v) is 12.6. The predicted octanol–water partition coefficient (Wildman–Crippen LogP) is 3.44. The van der Waals surface area contributed by atoms with Crippen LogP contribution in [0.4, 0.5) is 0 Å². The second-order valence-electron chi connectivity index (χ2n) is 11.4. The van der Waals surface area contributed by atoms with Crippen LogP contribution in [0.5, 0.6) is 0 Å². The van der Waals surface area contributed by atoms with Crippen molar-refractivity contribution in [1.82, 2.24) is 0 Å². The highest BCUT2D eigenvalue weighted by molar-refractivity contribution is 6.10. The average Bonchev–Trinajstić information content (AvgIpc) is 3.36. The van der Waals surface area contributed by atoms with Crippen LogP contribution in [0.25, 0.3) is 0 Å². The van der Waals surface area contributed by atoms with Crippen LogP contribution in [0.3, 0.4) is 0 Å². The van der Waals surface area contributed by atoms with E-state index >= 15 is 0 Å². The summed E-state index contributed by atoms with van der Waals surface area (Å²) in [5.41, 5.74) is 4.57. The van der Waals surface area contributed by atoms with Gasteiger partial charge in [0.2, 0.25) is 0 Å². The molecule has 3 saturated carbocycles. The van der Waals surface area contributed by atoms with Gasteiger partial charge in [-0.25, -0.2) is 4.79 Å². The summed E-state index contributed by atoms with van der Waals surface area (Å²) in [7, 11) is 0. The van der Waals surface area contributed by atoms with Crippen LogP contribution in [0, 0.1) is 28.6 Å². The van der Waals surface area contributed by atoms with E-state index < -0.39 is 23.1 Å². The number of nitrogens with two attached hydrogens (primary N) is 1. The smallest absolute Gasteiger partial charge is 0.351 e. The van der Waals surface area contributed by atoms with Gasteiger partial charge < -0.3 is 19.9 Å². The molecule has 5 aliphatic rings. The second-order valence-corrected chi connectivity index (χ2v) is 11.4. The van der Waals surface area contributed by atoms with Crippen molar-refractivity contribution in [2.24, 2.45) is 34.3 Å². The van der Waals surface area contributed by atoms with Gasteiger partial charge in [0.05, 0.1) is 6.61 Å². The van der Waals surface area contributed by atoms with Gasteiger partial charge in [0.25, 0.3) is 11.5 Å². The Balaban J connectivity index is 1.43. The molecule has 0 aromatic rings. The largest absolute Gasteiger partial charge is 0.463 e. The third-order valence-corrected chi connectivity index (χ3v) is 10.3. The lowest BCUT2D eigenvalue weighted by molar-refractivity contribution is -0.153. The third-order valence-electron chi connectivity index (χ3n) is 10.3. The van der Waals surface area contributed by atoms with Gasteiger partial charge in [-0.05, 0) is 75.0 Å². The highest BCUT2D eigenvalue weighted by Crippen LogP contribution is 2.75. The molecule has 1 saturated heterocycles. The van der Waals surface area contributed by atoms with Gasteiger partial charge in [-0.15, -0.1) is 0 Å². The predicted molar refractivity (Wildman–Crippen MR) is 120 cm³/mol. The van der Waals surface area contributed by atoms with Gasteiger partial charge in [0, 0.05) is 18.8 Å². The molecular formula is C26H37NO6. The summed E-state index contributed by atoms with van der Waals surface area (Å²) < 4.78 is 17.0. The Morgan fingerprint density at radius 1 is 1.12 bits per heavy atom. The first kappa shape index (κ1) is 22.9. The van der Waals surface area contributed by atoms with Gasteiger partial charge in [-0.2, -0.15) is 0 Å². The Bertz CT molecular complexity index is 930. The van der Waals surface area contributed by atoms with Gasteiger partial charge in [0.15, 0.2) is 0 Å².